The molecule has 3 N–H and O–H groups in total. The number of rotatable bonds is 19. The Kier molecular flexibility index (Phi) is 16.1. The predicted molar refractivity (Wildman–Crippen MR) is 149 cm³/mol. The van der Waals surface area contributed by atoms with Gasteiger partial charge in [-0.2, -0.15) is 0 Å². The van der Waals surface area contributed by atoms with Crippen LogP contribution in [0.2, 0.25) is 0 Å². The minimum absolute atomic E-state index is 0.0438. The summed E-state index contributed by atoms with van der Waals surface area (Å²) in [4.78, 5) is 46.8. The van der Waals surface area contributed by atoms with Gasteiger partial charge in [-0.25, -0.2) is 9.59 Å². The van der Waals surface area contributed by atoms with E-state index in [1.807, 2.05) is 30.3 Å². The Morgan fingerprint density at radius 2 is 1.59 bits per heavy atom. The average Bonchev–Trinajstić information content (AvgIpc) is 2.85. The molecule has 0 aromatic heterocycles. The van der Waals surface area contributed by atoms with E-state index in [0.29, 0.717) is 38.6 Å². The second-order valence-electron chi connectivity index (χ2n) is 10.5. The minimum Gasteiger partial charge on any atom is -0.445 e. The molecule has 1 unspecified atom stereocenters. The summed E-state index contributed by atoms with van der Waals surface area (Å²) in [5.41, 5.74) is 0.282. The Bertz CT molecular complexity index is 916. The molecular weight excluding hydrogens is 504 g/mol. The molecule has 0 bridgehead atoms. The van der Waals surface area contributed by atoms with Crippen molar-refractivity contribution in [2.24, 2.45) is 0 Å². The fourth-order valence-electron chi connectivity index (χ4n) is 3.78. The van der Waals surface area contributed by atoms with Crippen molar-refractivity contribution in [3.63, 3.8) is 0 Å². The van der Waals surface area contributed by atoms with E-state index in [1.54, 1.807) is 20.8 Å². The Morgan fingerprint density at radius 3 is 2.26 bits per heavy atom. The van der Waals surface area contributed by atoms with E-state index in [-0.39, 0.29) is 24.5 Å². The topological polar surface area (TPSA) is 161 Å². The van der Waals surface area contributed by atoms with Gasteiger partial charge in [0.05, 0.1) is 11.8 Å². The first-order chi connectivity index (χ1) is 18.5. The summed E-state index contributed by atoms with van der Waals surface area (Å²) in [5, 5.41) is 23.5. The van der Waals surface area contributed by atoms with Crippen LogP contribution in [-0.4, -0.2) is 53.3 Å². The van der Waals surface area contributed by atoms with Crippen molar-refractivity contribution >= 4 is 23.7 Å². The Balaban J connectivity index is 2.28. The van der Waals surface area contributed by atoms with Crippen molar-refractivity contribution in [1.29, 1.82) is 5.41 Å². The van der Waals surface area contributed by atoms with E-state index < -0.39 is 35.3 Å². The number of amides is 2. The molecule has 1 atom stereocenters. The molecule has 1 aromatic rings. The van der Waals surface area contributed by atoms with Crippen molar-refractivity contribution in [2.75, 3.05) is 13.1 Å². The zero-order chi connectivity index (χ0) is 29.1. The molecule has 0 radical (unpaired) electrons. The van der Waals surface area contributed by atoms with E-state index in [9.17, 15) is 24.5 Å². The van der Waals surface area contributed by atoms with Crippen molar-refractivity contribution < 1.29 is 28.8 Å². The number of benzene rings is 1. The second-order valence-corrected chi connectivity index (χ2v) is 10.5. The van der Waals surface area contributed by atoms with Crippen LogP contribution in [0.25, 0.3) is 0 Å². The van der Waals surface area contributed by atoms with Gasteiger partial charge in [-0.1, -0.05) is 56.0 Å². The maximum Gasteiger partial charge on any atom is 0.408 e. The van der Waals surface area contributed by atoms with Gasteiger partial charge in [0.25, 0.3) is 0 Å². The monoisotopic (exact) mass is 548 g/mol. The highest BCUT2D eigenvalue weighted by atomic mass is 16.6. The van der Waals surface area contributed by atoms with Crippen molar-refractivity contribution in [3.05, 3.63) is 46.0 Å². The first kappa shape index (κ1) is 33.5. The third kappa shape index (κ3) is 18.4. The van der Waals surface area contributed by atoms with E-state index in [2.05, 4.69) is 10.6 Å². The van der Waals surface area contributed by atoms with Gasteiger partial charge in [-0.3, -0.25) is 14.9 Å². The summed E-state index contributed by atoms with van der Waals surface area (Å²) < 4.78 is 10.5. The normalized spacial score (nSPS) is 11.8. The number of nitrogens with zero attached hydrogens (tertiary/aromatic N) is 1. The molecule has 218 valence electrons. The van der Waals surface area contributed by atoms with Gasteiger partial charge in [0.15, 0.2) is 5.78 Å². The van der Waals surface area contributed by atoms with E-state index in [1.165, 1.54) is 0 Å². The summed E-state index contributed by atoms with van der Waals surface area (Å²) in [6.07, 6.45) is 5.13. The van der Waals surface area contributed by atoms with Crippen LogP contribution in [0.5, 0.6) is 0 Å². The number of ether oxygens (including phenoxy) is 2. The molecule has 0 heterocycles. The van der Waals surface area contributed by atoms with Gasteiger partial charge in [-0.15, -0.1) is 0 Å². The lowest BCUT2D eigenvalue weighted by Crippen LogP contribution is -2.43. The van der Waals surface area contributed by atoms with Gasteiger partial charge in [0.2, 0.25) is 6.54 Å². The second kappa shape index (κ2) is 18.7. The average molecular weight is 549 g/mol. The summed E-state index contributed by atoms with van der Waals surface area (Å²) in [5.74, 6) is -0.0796. The van der Waals surface area contributed by atoms with Crippen molar-refractivity contribution in [2.45, 2.75) is 103 Å². The largest absolute Gasteiger partial charge is 0.445 e. The van der Waals surface area contributed by atoms with Gasteiger partial charge in [0.1, 0.15) is 12.2 Å². The van der Waals surface area contributed by atoms with Crippen LogP contribution in [0.3, 0.4) is 0 Å². The van der Waals surface area contributed by atoms with Gasteiger partial charge in [-0.05, 0) is 58.4 Å². The fraction of sp³-hybridized carbons (Fsp3) is 0.643. The number of unbranched alkanes of at least 4 members (excludes halogenated alkanes) is 5. The van der Waals surface area contributed by atoms with Gasteiger partial charge in [0, 0.05) is 17.9 Å². The number of nitro groups is 1. The van der Waals surface area contributed by atoms with E-state index >= 15 is 0 Å². The zero-order valence-electron chi connectivity index (χ0n) is 23.5. The van der Waals surface area contributed by atoms with Crippen molar-refractivity contribution in [1.82, 2.24) is 10.6 Å². The molecule has 1 rings (SSSR count). The molecular formula is C28H44N4O7. The van der Waals surface area contributed by atoms with Crippen LogP contribution in [0.1, 0.15) is 90.5 Å². The molecule has 0 aliphatic carbocycles. The van der Waals surface area contributed by atoms with Gasteiger partial charge >= 0.3 is 12.2 Å². The molecule has 0 spiro atoms. The number of hydrogen-bond donors (Lipinski definition) is 3. The van der Waals surface area contributed by atoms with Gasteiger partial charge < -0.3 is 25.5 Å². The minimum atomic E-state index is -0.698. The summed E-state index contributed by atoms with van der Waals surface area (Å²) in [6.45, 7) is 5.50. The molecule has 0 aliphatic rings. The number of carbonyl (C=O) groups excluding carboxylic acids is 3. The summed E-state index contributed by atoms with van der Waals surface area (Å²) in [7, 11) is 0. The number of Topliss-reactive ketones (excluding diaryl/α,β-unsaturated/α-hetero) is 1. The Labute approximate surface area is 231 Å². The highest BCUT2D eigenvalue weighted by Crippen LogP contribution is 2.13. The molecule has 1 aromatic carbocycles. The molecule has 0 aliphatic heterocycles. The number of ketones is 1. The van der Waals surface area contributed by atoms with Crippen LogP contribution in [-0.2, 0) is 20.9 Å². The Morgan fingerprint density at radius 1 is 0.949 bits per heavy atom. The molecule has 0 saturated heterocycles. The summed E-state index contributed by atoms with van der Waals surface area (Å²) in [6, 6.07) is 8.77. The van der Waals surface area contributed by atoms with Crippen LogP contribution in [0.4, 0.5) is 9.59 Å². The van der Waals surface area contributed by atoms with Crippen LogP contribution < -0.4 is 10.6 Å². The highest BCUT2D eigenvalue weighted by molar-refractivity contribution is 5.87. The molecule has 11 nitrogen and oxygen atoms in total. The fourth-order valence-corrected chi connectivity index (χ4v) is 3.78. The molecule has 11 heteroatoms. The third-order valence-electron chi connectivity index (χ3n) is 5.70. The summed E-state index contributed by atoms with van der Waals surface area (Å²) >= 11 is 0. The lowest BCUT2D eigenvalue weighted by Gasteiger charge is -2.23. The number of nitrogens with one attached hydrogen (secondary N) is 3. The van der Waals surface area contributed by atoms with E-state index in [0.717, 1.165) is 31.2 Å². The molecule has 0 saturated carbocycles. The van der Waals surface area contributed by atoms with Crippen LogP contribution in [0, 0.1) is 15.5 Å². The third-order valence-corrected chi connectivity index (χ3v) is 5.70. The van der Waals surface area contributed by atoms with Crippen molar-refractivity contribution in [3.8, 4) is 0 Å². The standard InChI is InChI=1S/C28H44N4O7/c1-28(2,3)39-27(35)31-24(17-12-11-16-23(29)20-32(36)37)25(33)18-10-5-4-6-13-19-30-26(34)38-21-22-14-8-7-9-15-22/h7-9,14-15,24,29H,4-6,10-13,16-21H2,1-3H3,(H,30,34)(H,31,35). The van der Waals surface area contributed by atoms with E-state index in [4.69, 9.17) is 14.9 Å². The first-order valence-corrected chi connectivity index (χ1v) is 13.6. The number of carbonyl (C=O) groups is 3. The predicted octanol–water partition coefficient (Wildman–Crippen LogP) is 5.57. The number of hydrogen-bond acceptors (Lipinski definition) is 8. The molecule has 0 fully saturated rings. The number of alkyl carbamates (subject to hydrolysis) is 2. The lowest BCUT2D eigenvalue weighted by molar-refractivity contribution is -0.463. The highest BCUT2D eigenvalue weighted by Gasteiger charge is 2.23. The van der Waals surface area contributed by atoms with Crippen LogP contribution >= 0.6 is 0 Å². The Hall–Kier alpha value is -3.50. The first-order valence-electron chi connectivity index (χ1n) is 13.6. The zero-order valence-corrected chi connectivity index (χ0v) is 23.5. The quantitative estimate of drug-likeness (QED) is 0.0881. The SMILES string of the molecule is CC(C)(C)OC(=O)NC(CCCCC(=N)C[N+](=O)[O-])C(=O)CCCCCCCNC(=O)OCc1ccccc1. The molecule has 2 amide bonds. The maximum atomic E-state index is 12.8. The smallest absolute Gasteiger partial charge is 0.408 e. The maximum absolute atomic E-state index is 12.8. The lowest BCUT2D eigenvalue weighted by atomic mass is 9.99. The van der Waals surface area contributed by atoms with Crippen LogP contribution in [0.15, 0.2) is 30.3 Å². The molecule has 39 heavy (non-hydrogen) atoms.